The Kier molecular flexibility index (Phi) is 8.34. The van der Waals surface area contributed by atoms with Crippen molar-refractivity contribution in [2.24, 2.45) is 0 Å². The molecule has 0 atom stereocenters. The van der Waals surface area contributed by atoms with E-state index in [-0.39, 0.29) is 22.0 Å². The van der Waals surface area contributed by atoms with Crippen LogP contribution in [-0.4, -0.2) is 40.6 Å². The van der Waals surface area contributed by atoms with Crippen LogP contribution < -0.4 is 10.0 Å². The highest BCUT2D eigenvalue weighted by atomic mass is 35.5. The van der Waals surface area contributed by atoms with E-state index in [9.17, 15) is 21.6 Å². The summed E-state index contributed by atoms with van der Waals surface area (Å²) in [5.74, 6) is -0.614. The third-order valence-corrected chi connectivity index (χ3v) is 8.78. The summed E-state index contributed by atoms with van der Waals surface area (Å²) in [5, 5.41) is 3.15. The van der Waals surface area contributed by atoms with Crippen molar-refractivity contribution in [1.29, 1.82) is 0 Å². The van der Waals surface area contributed by atoms with E-state index in [0.29, 0.717) is 16.1 Å². The van der Waals surface area contributed by atoms with Crippen LogP contribution in [0.2, 0.25) is 5.02 Å². The number of amides is 1. The molecule has 0 spiro atoms. The molecule has 11 heteroatoms. The van der Waals surface area contributed by atoms with Gasteiger partial charge in [0.1, 0.15) is 0 Å². The average molecular weight is 536 g/mol. The first kappa shape index (κ1) is 26.8. The molecule has 3 rings (SSSR count). The van der Waals surface area contributed by atoms with Crippen LogP contribution in [-0.2, 0) is 31.4 Å². The summed E-state index contributed by atoms with van der Waals surface area (Å²) in [7, 11) is -6.46. The summed E-state index contributed by atoms with van der Waals surface area (Å²) in [6.07, 6.45) is 0. The molecule has 0 aliphatic carbocycles. The largest absolute Gasteiger partial charge is 0.325 e. The summed E-state index contributed by atoms with van der Waals surface area (Å²) in [5.41, 5.74) is 2.44. The van der Waals surface area contributed by atoms with Crippen LogP contribution in [0.15, 0.2) is 76.5 Å². The maximum absolute atomic E-state index is 13.4. The van der Waals surface area contributed by atoms with E-state index < -0.39 is 32.5 Å². The summed E-state index contributed by atoms with van der Waals surface area (Å²) >= 11 is 5.95. The van der Waals surface area contributed by atoms with Crippen LogP contribution in [0.3, 0.4) is 0 Å². The molecule has 0 saturated carbocycles. The second-order valence-corrected chi connectivity index (χ2v) is 12.2. The van der Waals surface area contributed by atoms with Crippen LogP contribution in [0.1, 0.15) is 16.7 Å². The van der Waals surface area contributed by atoms with Crippen LogP contribution in [0.25, 0.3) is 0 Å². The Labute approximate surface area is 211 Å². The molecule has 0 fully saturated rings. The number of benzene rings is 3. The van der Waals surface area contributed by atoms with Gasteiger partial charge in [0.15, 0.2) is 0 Å². The summed E-state index contributed by atoms with van der Waals surface area (Å²) in [4.78, 5) is 13.0. The summed E-state index contributed by atoms with van der Waals surface area (Å²) < 4.78 is 54.4. The van der Waals surface area contributed by atoms with E-state index in [0.717, 1.165) is 9.87 Å². The molecule has 3 aromatic carbocycles. The van der Waals surface area contributed by atoms with Gasteiger partial charge >= 0.3 is 0 Å². The van der Waals surface area contributed by atoms with Crippen molar-refractivity contribution >= 4 is 43.2 Å². The fourth-order valence-corrected chi connectivity index (χ4v) is 5.52. The minimum absolute atomic E-state index is 0.0220. The molecule has 0 unspecified atom stereocenters. The molecule has 0 saturated heterocycles. The molecule has 0 bridgehead atoms. The van der Waals surface area contributed by atoms with Crippen LogP contribution in [0.4, 0.5) is 5.69 Å². The monoisotopic (exact) mass is 535 g/mol. The maximum atomic E-state index is 13.4. The molecule has 35 heavy (non-hydrogen) atoms. The van der Waals surface area contributed by atoms with E-state index in [1.54, 1.807) is 49.4 Å². The number of nitrogens with one attached hydrogen (secondary N) is 2. The standard InChI is InChI=1S/C24H26ClN3O5S2/c1-17-4-11-21(12-5-17)35(32,33)28(15-19-7-9-20(25)10-8-19)16-24(29)27-23-14-22(13-6-18(23)2)34(30,31)26-3/h4-14,26H,15-16H2,1-3H3,(H,27,29). The Hall–Kier alpha value is -2.76. The molecule has 3 aromatic rings. The molecule has 0 heterocycles. The molecular formula is C24H26ClN3O5S2. The van der Waals surface area contributed by atoms with Gasteiger partial charge in [0.05, 0.1) is 16.3 Å². The minimum atomic E-state index is -4.03. The number of anilines is 1. The quantitative estimate of drug-likeness (QED) is 0.434. The van der Waals surface area contributed by atoms with Gasteiger partial charge in [-0.05, 0) is 68.4 Å². The lowest BCUT2D eigenvalue weighted by atomic mass is 10.2. The Balaban J connectivity index is 1.91. The zero-order valence-corrected chi connectivity index (χ0v) is 21.8. The van der Waals surface area contributed by atoms with Gasteiger partial charge in [0.25, 0.3) is 0 Å². The zero-order chi connectivity index (χ0) is 25.8. The molecule has 1 amide bonds. The lowest BCUT2D eigenvalue weighted by Gasteiger charge is -2.22. The molecule has 8 nitrogen and oxygen atoms in total. The van der Waals surface area contributed by atoms with E-state index in [1.807, 2.05) is 6.92 Å². The first-order valence-corrected chi connectivity index (χ1v) is 13.9. The van der Waals surface area contributed by atoms with E-state index >= 15 is 0 Å². The van der Waals surface area contributed by atoms with Crippen molar-refractivity contribution in [3.63, 3.8) is 0 Å². The Bertz CT molecular complexity index is 1420. The maximum Gasteiger partial charge on any atom is 0.243 e. The first-order valence-electron chi connectivity index (χ1n) is 10.6. The van der Waals surface area contributed by atoms with Crippen molar-refractivity contribution in [2.75, 3.05) is 18.9 Å². The SMILES string of the molecule is CNS(=O)(=O)c1ccc(C)c(NC(=O)CN(Cc2ccc(Cl)cc2)S(=O)(=O)c2ccc(C)cc2)c1. The van der Waals surface area contributed by atoms with Crippen molar-refractivity contribution in [1.82, 2.24) is 9.03 Å². The number of aryl methyl sites for hydroxylation is 2. The van der Waals surface area contributed by atoms with Crippen molar-refractivity contribution in [3.8, 4) is 0 Å². The van der Waals surface area contributed by atoms with Gasteiger partial charge < -0.3 is 5.32 Å². The second kappa shape index (κ2) is 10.9. The van der Waals surface area contributed by atoms with Crippen molar-refractivity contribution in [3.05, 3.63) is 88.4 Å². The first-order chi connectivity index (χ1) is 16.4. The minimum Gasteiger partial charge on any atom is -0.325 e. The number of carbonyl (C=O) groups excluding carboxylic acids is 1. The Morgan fingerprint density at radius 2 is 1.49 bits per heavy atom. The Morgan fingerprint density at radius 1 is 0.886 bits per heavy atom. The van der Waals surface area contributed by atoms with Crippen LogP contribution in [0.5, 0.6) is 0 Å². The number of rotatable bonds is 9. The van der Waals surface area contributed by atoms with Crippen LogP contribution in [0, 0.1) is 13.8 Å². The number of carbonyl (C=O) groups is 1. The highest BCUT2D eigenvalue weighted by Crippen LogP contribution is 2.22. The normalized spacial score (nSPS) is 12.0. The van der Waals surface area contributed by atoms with Gasteiger partial charge in [0, 0.05) is 17.3 Å². The summed E-state index contributed by atoms with van der Waals surface area (Å²) in [6, 6.07) is 17.3. The fraction of sp³-hybridized carbons (Fsp3) is 0.208. The zero-order valence-electron chi connectivity index (χ0n) is 19.4. The predicted molar refractivity (Wildman–Crippen MR) is 136 cm³/mol. The lowest BCUT2D eigenvalue weighted by molar-refractivity contribution is -0.116. The number of halogens is 1. The third-order valence-electron chi connectivity index (χ3n) is 5.31. The van der Waals surface area contributed by atoms with Crippen LogP contribution >= 0.6 is 11.6 Å². The van der Waals surface area contributed by atoms with Gasteiger partial charge in [-0.1, -0.05) is 47.5 Å². The second-order valence-electron chi connectivity index (χ2n) is 7.95. The van der Waals surface area contributed by atoms with E-state index in [2.05, 4.69) is 10.0 Å². The number of nitrogens with zero attached hydrogens (tertiary/aromatic N) is 1. The smallest absolute Gasteiger partial charge is 0.243 e. The van der Waals surface area contributed by atoms with Gasteiger partial charge in [-0.2, -0.15) is 4.31 Å². The molecule has 0 radical (unpaired) electrons. The molecule has 0 aromatic heterocycles. The van der Waals surface area contributed by atoms with Gasteiger partial charge in [-0.25, -0.2) is 21.6 Å². The number of sulfonamides is 2. The molecule has 186 valence electrons. The number of hydrogen-bond donors (Lipinski definition) is 2. The highest BCUT2D eigenvalue weighted by molar-refractivity contribution is 7.89. The van der Waals surface area contributed by atoms with Crippen molar-refractivity contribution < 1.29 is 21.6 Å². The molecular weight excluding hydrogens is 510 g/mol. The van der Waals surface area contributed by atoms with Gasteiger partial charge in [-0.15, -0.1) is 0 Å². The Morgan fingerprint density at radius 3 is 2.09 bits per heavy atom. The average Bonchev–Trinajstić information content (AvgIpc) is 2.81. The lowest BCUT2D eigenvalue weighted by Crippen LogP contribution is -2.37. The summed E-state index contributed by atoms with van der Waals surface area (Å²) in [6.45, 7) is 3.01. The molecule has 0 aliphatic heterocycles. The van der Waals surface area contributed by atoms with Gasteiger partial charge in [-0.3, -0.25) is 4.79 Å². The predicted octanol–water partition coefficient (Wildman–Crippen LogP) is 3.69. The number of hydrogen-bond acceptors (Lipinski definition) is 5. The topological polar surface area (TPSA) is 113 Å². The van der Waals surface area contributed by atoms with Crippen molar-refractivity contribution in [2.45, 2.75) is 30.2 Å². The van der Waals surface area contributed by atoms with E-state index in [4.69, 9.17) is 11.6 Å². The third kappa shape index (κ3) is 6.68. The molecule has 2 N–H and O–H groups in total. The van der Waals surface area contributed by atoms with Gasteiger partial charge in [0.2, 0.25) is 26.0 Å². The highest BCUT2D eigenvalue weighted by Gasteiger charge is 2.27. The fourth-order valence-electron chi connectivity index (χ4n) is 3.25. The molecule has 0 aliphatic rings. The van der Waals surface area contributed by atoms with E-state index in [1.165, 1.54) is 31.3 Å².